The zero-order chi connectivity index (χ0) is 15.9. The van der Waals surface area contributed by atoms with Gasteiger partial charge in [0.25, 0.3) is 0 Å². The third-order valence-electron chi connectivity index (χ3n) is 4.32. The van der Waals surface area contributed by atoms with Crippen LogP contribution in [0.2, 0.25) is 0 Å². The number of esters is 1. The summed E-state index contributed by atoms with van der Waals surface area (Å²) in [5, 5.41) is 0.723. The maximum atomic E-state index is 11.9. The van der Waals surface area contributed by atoms with E-state index in [4.69, 9.17) is 0 Å². The molecule has 2 rings (SSSR count). The summed E-state index contributed by atoms with van der Waals surface area (Å²) in [6.07, 6.45) is 6.23. The Morgan fingerprint density at radius 2 is 2.18 bits per heavy atom. The average Bonchev–Trinajstić information content (AvgIpc) is 2.71. The summed E-state index contributed by atoms with van der Waals surface area (Å²) in [5.41, 5.74) is 0. The smallest absolute Gasteiger partial charge is 0.333 e. The van der Waals surface area contributed by atoms with E-state index in [1.807, 2.05) is 0 Å². The van der Waals surface area contributed by atoms with Crippen LogP contribution >= 0.6 is 11.8 Å². The summed E-state index contributed by atoms with van der Waals surface area (Å²) in [6, 6.07) is 0. The first-order valence-corrected chi connectivity index (χ1v) is 9.04. The normalized spacial score (nSPS) is 25.5. The zero-order valence-corrected chi connectivity index (χ0v) is 14.4. The highest BCUT2D eigenvalue weighted by Crippen LogP contribution is 2.29. The molecule has 0 aliphatic carbocycles. The van der Waals surface area contributed by atoms with Crippen LogP contribution in [0.15, 0.2) is 11.1 Å². The lowest BCUT2D eigenvalue weighted by atomic mass is 10.0. The van der Waals surface area contributed by atoms with Crippen molar-refractivity contribution in [3.05, 3.63) is 11.1 Å². The van der Waals surface area contributed by atoms with Gasteiger partial charge in [0, 0.05) is 6.54 Å². The average molecular weight is 326 g/mol. The van der Waals surface area contributed by atoms with Gasteiger partial charge >= 0.3 is 5.97 Å². The quantitative estimate of drug-likeness (QED) is 0.572. The standard InChI is InChI=1S/C16H26N2O3S/c1-13-5-3-7-17(10-6-13)8-4-9-18-14(19)12-22-15(18)11-16(20)21-2/h11,13H,3-10,12H2,1-2H3/b15-11+. The predicted molar refractivity (Wildman–Crippen MR) is 88.3 cm³/mol. The molecule has 2 aliphatic rings. The van der Waals surface area contributed by atoms with Crippen molar-refractivity contribution in [2.24, 2.45) is 5.92 Å². The number of carbonyl (C=O) groups excluding carboxylic acids is 2. The molecule has 6 heteroatoms. The molecule has 2 aliphatic heterocycles. The van der Waals surface area contributed by atoms with Crippen molar-refractivity contribution in [1.29, 1.82) is 0 Å². The van der Waals surface area contributed by atoms with Gasteiger partial charge in [0.1, 0.15) is 0 Å². The number of rotatable bonds is 5. The molecule has 1 atom stereocenters. The van der Waals surface area contributed by atoms with Crippen LogP contribution in [0.1, 0.15) is 32.6 Å². The molecule has 1 unspecified atom stereocenters. The number of hydrogen-bond acceptors (Lipinski definition) is 5. The first kappa shape index (κ1) is 17.3. The maximum absolute atomic E-state index is 11.9. The predicted octanol–water partition coefficient (Wildman–Crippen LogP) is 2.09. The van der Waals surface area contributed by atoms with Crippen molar-refractivity contribution < 1.29 is 14.3 Å². The molecule has 2 heterocycles. The van der Waals surface area contributed by atoms with E-state index >= 15 is 0 Å². The van der Waals surface area contributed by atoms with E-state index in [1.165, 1.54) is 44.2 Å². The maximum Gasteiger partial charge on any atom is 0.333 e. The molecular weight excluding hydrogens is 300 g/mol. The molecule has 0 N–H and O–H groups in total. The number of carbonyl (C=O) groups is 2. The van der Waals surface area contributed by atoms with E-state index in [0.29, 0.717) is 12.3 Å². The highest BCUT2D eigenvalue weighted by atomic mass is 32.2. The fraction of sp³-hybridized carbons (Fsp3) is 0.750. The van der Waals surface area contributed by atoms with E-state index in [2.05, 4.69) is 16.6 Å². The van der Waals surface area contributed by atoms with Gasteiger partial charge in [0.2, 0.25) is 5.91 Å². The van der Waals surface area contributed by atoms with E-state index in [-0.39, 0.29) is 5.91 Å². The number of thioether (sulfide) groups is 1. The lowest BCUT2D eigenvalue weighted by molar-refractivity contribution is -0.134. The Morgan fingerprint density at radius 3 is 2.95 bits per heavy atom. The zero-order valence-electron chi connectivity index (χ0n) is 13.5. The van der Waals surface area contributed by atoms with Crippen LogP contribution in [-0.2, 0) is 14.3 Å². The van der Waals surface area contributed by atoms with Gasteiger partial charge in [0.15, 0.2) is 0 Å². The molecule has 0 aromatic carbocycles. The SMILES string of the molecule is COC(=O)/C=C1/SCC(=O)N1CCCN1CCCC(C)CC1. The second-order valence-corrected chi connectivity index (χ2v) is 7.07. The van der Waals surface area contributed by atoms with E-state index in [9.17, 15) is 9.59 Å². The molecule has 0 aromatic rings. The van der Waals surface area contributed by atoms with Gasteiger partial charge in [-0.15, -0.1) is 0 Å². The van der Waals surface area contributed by atoms with Crippen molar-refractivity contribution in [1.82, 2.24) is 9.80 Å². The van der Waals surface area contributed by atoms with E-state index in [1.54, 1.807) is 4.90 Å². The molecular formula is C16H26N2O3S. The van der Waals surface area contributed by atoms with Crippen LogP contribution in [0.3, 0.4) is 0 Å². The Labute approximate surface area is 137 Å². The topological polar surface area (TPSA) is 49.9 Å². The summed E-state index contributed by atoms with van der Waals surface area (Å²) in [6.45, 7) is 6.35. The molecule has 0 bridgehead atoms. The van der Waals surface area contributed by atoms with Crippen LogP contribution < -0.4 is 0 Å². The summed E-state index contributed by atoms with van der Waals surface area (Å²) in [5.74, 6) is 0.939. The molecule has 124 valence electrons. The van der Waals surface area contributed by atoms with Gasteiger partial charge in [-0.05, 0) is 51.2 Å². The fourth-order valence-electron chi connectivity index (χ4n) is 2.93. The van der Waals surface area contributed by atoms with Gasteiger partial charge in [-0.1, -0.05) is 18.7 Å². The van der Waals surface area contributed by atoms with Crippen molar-refractivity contribution in [3.8, 4) is 0 Å². The number of ether oxygens (including phenoxy) is 1. The number of amides is 1. The lowest BCUT2D eigenvalue weighted by Crippen LogP contribution is -2.31. The molecule has 2 fully saturated rings. The second-order valence-electron chi connectivity index (χ2n) is 6.07. The summed E-state index contributed by atoms with van der Waals surface area (Å²) >= 11 is 1.41. The van der Waals surface area contributed by atoms with Crippen LogP contribution in [0.5, 0.6) is 0 Å². The van der Waals surface area contributed by atoms with Gasteiger partial charge in [-0.3, -0.25) is 4.79 Å². The van der Waals surface area contributed by atoms with Crippen LogP contribution in [0, 0.1) is 5.92 Å². The molecule has 0 radical (unpaired) electrons. The Balaban J connectivity index is 1.80. The van der Waals surface area contributed by atoms with Crippen LogP contribution in [-0.4, -0.2) is 60.7 Å². The summed E-state index contributed by atoms with van der Waals surface area (Å²) in [7, 11) is 1.35. The largest absolute Gasteiger partial charge is 0.466 e. The lowest BCUT2D eigenvalue weighted by Gasteiger charge is -2.22. The minimum absolute atomic E-state index is 0.0876. The molecule has 2 saturated heterocycles. The first-order chi connectivity index (χ1) is 10.6. The monoisotopic (exact) mass is 326 g/mol. The summed E-state index contributed by atoms with van der Waals surface area (Å²) < 4.78 is 4.64. The Kier molecular flexibility index (Phi) is 6.76. The Hall–Kier alpha value is -1.01. The highest BCUT2D eigenvalue weighted by Gasteiger charge is 2.27. The van der Waals surface area contributed by atoms with Crippen LogP contribution in [0.25, 0.3) is 0 Å². The summed E-state index contributed by atoms with van der Waals surface area (Å²) in [4.78, 5) is 27.5. The molecule has 5 nitrogen and oxygen atoms in total. The minimum Gasteiger partial charge on any atom is -0.466 e. The van der Waals surface area contributed by atoms with Crippen molar-refractivity contribution in [2.75, 3.05) is 39.0 Å². The highest BCUT2D eigenvalue weighted by molar-refractivity contribution is 8.04. The van der Waals surface area contributed by atoms with Gasteiger partial charge in [0.05, 0.1) is 24.0 Å². The van der Waals surface area contributed by atoms with E-state index in [0.717, 1.165) is 37.0 Å². The third-order valence-corrected chi connectivity index (χ3v) is 5.34. The molecule has 1 amide bonds. The Morgan fingerprint density at radius 1 is 1.36 bits per heavy atom. The second kappa shape index (κ2) is 8.58. The molecule has 0 aromatic heterocycles. The first-order valence-electron chi connectivity index (χ1n) is 8.05. The van der Waals surface area contributed by atoms with E-state index < -0.39 is 5.97 Å². The van der Waals surface area contributed by atoms with Crippen molar-refractivity contribution in [2.45, 2.75) is 32.6 Å². The molecule has 22 heavy (non-hydrogen) atoms. The number of hydrogen-bond donors (Lipinski definition) is 0. The van der Waals surface area contributed by atoms with Gasteiger partial charge in [-0.25, -0.2) is 4.79 Å². The molecule has 0 spiro atoms. The number of methoxy groups -OCH3 is 1. The number of likely N-dealkylation sites (tertiary alicyclic amines) is 1. The fourth-order valence-corrected chi connectivity index (χ4v) is 3.88. The van der Waals surface area contributed by atoms with Gasteiger partial charge < -0.3 is 14.5 Å². The Bertz CT molecular complexity index is 439. The third kappa shape index (κ3) is 5.02. The van der Waals surface area contributed by atoms with Gasteiger partial charge in [-0.2, -0.15) is 0 Å². The van der Waals surface area contributed by atoms with Crippen LogP contribution in [0.4, 0.5) is 0 Å². The number of nitrogens with zero attached hydrogens (tertiary/aromatic N) is 2. The van der Waals surface area contributed by atoms with Crippen molar-refractivity contribution >= 4 is 23.6 Å². The minimum atomic E-state index is -0.399. The van der Waals surface area contributed by atoms with Crippen molar-refractivity contribution in [3.63, 3.8) is 0 Å². The molecule has 0 saturated carbocycles.